The molecule has 4 rings (SSSR count). The summed E-state index contributed by atoms with van der Waals surface area (Å²) >= 11 is 0. The molecular weight excluding hydrogens is 579 g/mol. The lowest BCUT2D eigenvalue weighted by molar-refractivity contribution is -0.384. The molecule has 1 aromatic carbocycles. The number of pyridine rings is 1. The largest absolute Gasteiger partial charge is 0.417 e. The highest BCUT2D eigenvalue weighted by Crippen LogP contribution is 2.39. The Morgan fingerprint density at radius 1 is 0.818 bits per heavy atom. The maximum absolute atomic E-state index is 14.3. The summed E-state index contributed by atoms with van der Waals surface area (Å²) in [5.74, 6) is -2.79. The van der Waals surface area contributed by atoms with E-state index in [1.807, 2.05) is 41.5 Å². The minimum Gasteiger partial charge on any atom is -0.266 e. The number of alkyl halides is 3. The van der Waals surface area contributed by atoms with Gasteiger partial charge in [-0.15, -0.1) is 0 Å². The van der Waals surface area contributed by atoms with Crippen LogP contribution in [0.4, 0.5) is 24.7 Å². The van der Waals surface area contributed by atoms with Crippen molar-refractivity contribution in [2.75, 3.05) is 4.90 Å². The summed E-state index contributed by atoms with van der Waals surface area (Å²) in [5.41, 5.74) is -2.72. The van der Waals surface area contributed by atoms with Gasteiger partial charge < -0.3 is 0 Å². The number of rotatable bonds is 5. The highest BCUT2D eigenvalue weighted by molar-refractivity contribution is 6.25. The van der Waals surface area contributed by atoms with Gasteiger partial charge in [0, 0.05) is 36.6 Å². The molecule has 232 valence electrons. The van der Waals surface area contributed by atoms with Crippen molar-refractivity contribution < 1.29 is 27.7 Å². The van der Waals surface area contributed by atoms with E-state index in [1.54, 1.807) is 0 Å². The Labute approximate surface area is 251 Å². The van der Waals surface area contributed by atoms with Gasteiger partial charge in [-0.2, -0.15) is 23.4 Å². The van der Waals surface area contributed by atoms with Crippen LogP contribution in [0.1, 0.15) is 79.5 Å². The predicted octanol–water partition coefficient (Wildman–Crippen LogP) is 6.22. The molecule has 4 aromatic rings. The normalized spacial score (nSPS) is 12.3. The zero-order valence-electron chi connectivity index (χ0n) is 25.5. The fourth-order valence-corrected chi connectivity index (χ4v) is 4.43. The van der Waals surface area contributed by atoms with Gasteiger partial charge in [0.15, 0.2) is 0 Å². The lowest BCUT2D eigenvalue weighted by Gasteiger charge is -2.21. The first-order valence-corrected chi connectivity index (χ1v) is 13.5. The molecule has 44 heavy (non-hydrogen) atoms. The topological polar surface area (TPSA) is 129 Å². The minimum absolute atomic E-state index is 0.0984. The number of imide groups is 1. The number of hydrogen-bond donors (Lipinski definition) is 0. The summed E-state index contributed by atoms with van der Waals surface area (Å²) in [6.07, 6.45) is -4.78. The second-order valence-electron chi connectivity index (χ2n) is 12.4. The summed E-state index contributed by atoms with van der Waals surface area (Å²) in [7, 11) is 2.95. The number of carbonyl (C=O) groups excluding carboxylic acids is 2. The van der Waals surface area contributed by atoms with Crippen LogP contribution in [0.15, 0.2) is 48.5 Å². The highest BCUT2D eigenvalue weighted by atomic mass is 19.4. The third-order valence-electron chi connectivity index (χ3n) is 6.91. The maximum Gasteiger partial charge on any atom is 0.417 e. The first-order valence-electron chi connectivity index (χ1n) is 13.5. The van der Waals surface area contributed by atoms with Crippen LogP contribution in [0.3, 0.4) is 0 Å². The van der Waals surface area contributed by atoms with E-state index in [-0.39, 0.29) is 22.6 Å². The maximum atomic E-state index is 14.3. The Balaban J connectivity index is 2.02. The molecule has 3 aromatic heterocycles. The number of halogens is 3. The van der Waals surface area contributed by atoms with Gasteiger partial charge in [-0.3, -0.25) is 29.1 Å². The van der Waals surface area contributed by atoms with Crippen molar-refractivity contribution in [1.82, 2.24) is 24.5 Å². The third-order valence-corrected chi connectivity index (χ3v) is 6.91. The highest BCUT2D eigenvalue weighted by Gasteiger charge is 2.39. The second kappa shape index (κ2) is 11.0. The molecule has 3 heterocycles. The Morgan fingerprint density at radius 2 is 1.30 bits per heavy atom. The second-order valence-corrected chi connectivity index (χ2v) is 12.4. The van der Waals surface area contributed by atoms with E-state index in [0.717, 1.165) is 24.3 Å². The monoisotopic (exact) mass is 611 g/mol. The quantitative estimate of drug-likeness (QED) is 0.149. The molecule has 2 amide bonds. The number of aryl methyl sites for hydroxylation is 2. The minimum atomic E-state index is -4.78. The molecule has 0 spiro atoms. The predicted molar refractivity (Wildman–Crippen MR) is 156 cm³/mol. The van der Waals surface area contributed by atoms with Crippen LogP contribution >= 0.6 is 0 Å². The molecule has 0 unspecified atom stereocenters. The first-order chi connectivity index (χ1) is 20.2. The van der Waals surface area contributed by atoms with Gasteiger partial charge in [0.2, 0.25) is 5.82 Å². The van der Waals surface area contributed by atoms with Gasteiger partial charge in [-0.1, -0.05) is 59.7 Å². The lowest BCUT2D eigenvalue weighted by Crippen LogP contribution is -2.40. The van der Waals surface area contributed by atoms with E-state index in [0.29, 0.717) is 16.3 Å². The lowest BCUT2D eigenvalue weighted by atomic mass is 9.92. The molecule has 0 aliphatic heterocycles. The van der Waals surface area contributed by atoms with Crippen molar-refractivity contribution in [3.8, 4) is 11.3 Å². The molecule has 0 N–H and O–H groups in total. The van der Waals surface area contributed by atoms with Crippen molar-refractivity contribution in [1.29, 1.82) is 0 Å². The molecule has 0 aliphatic rings. The van der Waals surface area contributed by atoms with Gasteiger partial charge in [0.25, 0.3) is 11.8 Å². The van der Waals surface area contributed by atoms with Gasteiger partial charge >= 0.3 is 11.9 Å². The Kier molecular flexibility index (Phi) is 8.01. The average Bonchev–Trinajstić information content (AvgIpc) is 3.51. The molecule has 0 bridgehead atoms. The van der Waals surface area contributed by atoms with E-state index in [2.05, 4.69) is 15.2 Å². The molecule has 0 fully saturated rings. The summed E-state index contributed by atoms with van der Waals surface area (Å²) in [6.45, 7) is 11.2. The van der Waals surface area contributed by atoms with E-state index < -0.39 is 50.8 Å². The summed E-state index contributed by atoms with van der Waals surface area (Å²) in [5, 5.41) is 21.0. The Morgan fingerprint density at radius 3 is 1.70 bits per heavy atom. The molecule has 0 saturated carbocycles. The van der Waals surface area contributed by atoms with E-state index in [9.17, 15) is 32.9 Å². The van der Waals surface area contributed by atoms with Crippen LogP contribution in [0.2, 0.25) is 0 Å². The molecule has 11 nitrogen and oxygen atoms in total. The molecule has 0 atom stereocenters. The SMILES string of the molecule is Cn1nc(C(C)(C)C)cc1C(=O)N(C(=O)c1cc(C(C)(C)C)nn1C)c1nc(-c2ccccc2C(F)(F)F)ccc1[N+](=O)[O-]. The third kappa shape index (κ3) is 6.10. The van der Waals surface area contributed by atoms with Crippen molar-refractivity contribution >= 4 is 23.3 Å². The number of carbonyl (C=O) groups is 2. The molecule has 0 aliphatic carbocycles. The summed E-state index contributed by atoms with van der Waals surface area (Å²) < 4.78 is 44.2. The van der Waals surface area contributed by atoms with Crippen molar-refractivity contribution in [3.05, 3.63) is 87.0 Å². The number of hydrogen-bond acceptors (Lipinski definition) is 7. The first kappa shape index (κ1) is 32.0. The summed E-state index contributed by atoms with van der Waals surface area (Å²) in [4.78, 5) is 44.6. The zero-order chi connectivity index (χ0) is 32.9. The van der Waals surface area contributed by atoms with Crippen LogP contribution in [0.25, 0.3) is 11.3 Å². The van der Waals surface area contributed by atoms with Crippen LogP contribution in [-0.2, 0) is 31.1 Å². The number of nitrogens with zero attached hydrogens (tertiary/aromatic N) is 7. The Bertz CT molecular complexity index is 1710. The molecule has 0 radical (unpaired) electrons. The van der Waals surface area contributed by atoms with Gasteiger partial charge in [-0.05, 0) is 24.3 Å². The molecular formula is C30H32F3N7O4. The molecule has 0 saturated heterocycles. The number of aromatic nitrogens is 5. The fourth-order valence-electron chi connectivity index (χ4n) is 4.43. The zero-order valence-corrected chi connectivity index (χ0v) is 25.5. The standard InChI is InChI=1S/C30H32F3N7O4/c1-28(2,3)23-15-21(37(7)35-23)26(41)39(27(42)22-16-24(29(4,5)6)36-38(22)8)25-20(40(43)44)14-13-19(34-25)17-11-9-10-12-18(17)30(31,32)33/h9-16H,1-8H3. The Hall–Kier alpha value is -4.88. The van der Waals surface area contributed by atoms with Crippen LogP contribution < -0.4 is 4.90 Å². The fraction of sp³-hybridized carbons (Fsp3) is 0.367. The smallest absolute Gasteiger partial charge is 0.266 e. The summed E-state index contributed by atoms with van der Waals surface area (Å²) in [6, 6.07) is 9.44. The van der Waals surface area contributed by atoms with Crippen LogP contribution in [0.5, 0.6) is 0 Å². The van der Waals surface area contributed by atoms with Crippen molar-refractivity contribution in [2.24, 2.45) is 14.1 Å². The van der Waals surface area contributed by atoms with Crippen LogP contribution in [-0.4, -0.2) is 41.3 Å². The van der Waals surface area contributed by atoms with Crippen LogP contribution in [0, 0.1) is 10.1 Å². The number of nitro groups is 1. The van der Waals surface area contributed by atoms with E-state index in [4.69, 9.17) is 0 Å². The van der Waals surface area contributed by atoms with E-state index in [1.165, 1.54) is 47.7 Å². The van der Waals surface area contributed by atoms with Crippen molar-refractivity contribution in [3.63, 3.8) is 0 Å². The molecule has 14 heteroatoms. The van der Waals surface area contributed by atoms with Gasteiger partial charge in [0.1, 0.15) is 11.4 Å². The average molecular weight is 612 g/mol. The van der Waals surface area contributed by atoms with Gasteiger partial charge in [0.05, 0.1) is 27.6 Å². The number of amides is 2. The van der Waals surface area contributed by atoms with Gasteiger partial charge in [-0.25, -0.2) is 9.88 Å². The number of benzene rings is 1. The van der Waals surface area contributed by atoms with Crippen molar-refractivity contribution in [2.45, 2.75) is 58.5 Å². The number of anilines is 1. The van der Waals surface area contributed by atoms with E-state index >= 15 is 0 Å².